The molecule has 1 aliphatic rings. The van der Waals surface area contributed by atoms with Crippen LogP contribution in [-0.4, -0.2) is 39.6 Å². The summed E-state index contributed by atoms with van der Waals surface area (Å²) >= 11 is 4.01. The van der Waals surface area contributed by atoms with Crippen LogP contribution in [0.15, 0.2) is 30.3 Å². The fourth-order valence-electron chi connectivity index (χ4n) is 2.36. The van der Waals surface area contributed by atoms with Crippen molar-refractivity contribution < 1.29 is 19.5 Å². The van der Waals surface area contributed by atoms with Crippen LogP contribution in [0, 0.1) is 0 Å². The summed E-state index contributed by atoms with van der Waals surface area (Å²) in [7, 11) is 0. The van der Waals surface area contributed by atoms with E-state index in [-0.39, 0.29) is 24.7 Å². The van der Waals surface area contributed by atoms with Crippen molar-refractivity contribution in [2.45, 2.75) is 25.0 Å². The van der Waals surface area contributed by atoms with Crippen LogP contribution in [0.25, 0.3) is 0 Å². The van der Waals surface area contributed by atoms with Gasteiger partial charge >= 0.3 is 5.97 Å². The molecule has 0 saturated carbocycles. The zero-order chi connectivity index (χ0) is 15.4. The molecule has 112 valence electrons. The zero-order valence-corrected chi connectivity index (χ0v) is 12.1. The summed E-state index contributed by atoms with van der Waals surface area (Å²) in [6, 6.07) is 7.69. The third-order valence-corrected chi connectivity index (χ3v) is 3.53. The summed E-state index contributed by atoms with van der Waals surface area (Å²) < 4.78 is 0. The van der Waals surface area contributed by atoms with Gasteiger partial charge in [0, 0.05) is 6.42 Å². The lowest BCUT2D eigenvalue weighted by Gasteiger charge is -2.40. The molecule has 2 amide bonds. The maximum atomic E-state index is 12.3. The van der Waals surface area contributed by atoms with Crippen LogP contribution in [0.2, 0.25) is 0 Å². The smallest absolute Gasteiger partial charge is 0.327 e. The Hall–Kier alpha value is -2.02. The Morgan fingerprint density at radius 1 is 1.33 bits per heavy atom. The molecule has 0 spiro atoms. The van der Waals surface area contributed by atoms with Crippen molar-refractivity contribution in [2.75, 3.05) is 5.75 Å². The molecule has 0 aliphatic carbocycles. The number of amides is 2. The molecule has 7 heteroatoms. The van der Waals surface area contributed by atoms with E-state index in [1.54, 1.807) is 24.3 Å². The Bertz CT molecular complexity index is 549. The van der Waals surface area contributed by atoms with Gasteiger partial charge in [0.1, 0.15) is 12.2 Å². The molecule has 1 aromatic rings. The molecular formula is C14H16N2O4S. The number of carbonyl (C=O) groups is 3. The highest BCUT2D eigenvalue weighted by atomic mass is 32.1. The highest BCUT2D eigenvalue weighted by Gasteiger charge is 2.41. The van der Waals surface area contributed by atoms with E-state index in [1.807, 2.05) is 6.07 Å². The van der Waals surface area contributed by atoms with Crippen LogP contribution in [0.5, 0.6) is 0 Å². The van der Waals surface area contributed by atoms with Crippen LogP contribution >= 0.6 is 12.6 Å². The van der Waals surface area contributed by atoms with Crippen LogP contribution in [0.4, 0.5) is 0 Å². The molecule has 21 heavy (non-hydrogen) atoms. The van der Waals surface area contributed by atoms with Gasteiger partial charge in [0.25, 0.3) is 0 Å². The first-order chi connectivity index (χ1) is 10.0. The molecule has 0 radical (unpaired) electrons. The van der Waals surface area contributed by atoms with Gasteiger partial charge in [-0.25, -0.2) is 4.79 Å². The first-order valence-electron chi connectivity index (χ1n) is 6.53. The molecule has 0 bridgehead atoms. The van der Waals surface area contributed by atoms with Gasteiger partial charge in [-0.2, -0.15) is 12.6 Å². The molecular weight excluding hydrogens is 292 g/mol. The molecule has 2 rings (SSSR count). The number of hydrogen-bond donors (Lipinski definition) is 3. The quantitative estimate of drug-likeness (QED) is 0.718. The highest BCUT2D eigenvalue weighted by Crippen LogP contribution is 2.27. The highest BCUT2D eigenvalue weighted by molar-refractivity contribution is 7.80. The van der Waals surface area contributed by atoms with Gasteiger partial charge in [-0.3, -0.25) is 9.59 Å². The van der Waals surface area contributed by atoms with Gasteiger partial charge in [-0.15, -0.1) is 0 Å². The standard InChI is InChI=1S/C14H16N2O4S/c17-11-8-10(14(19)20)16(12(18)6-7-21)13(15-11)9-4-2-1-3-5-9/h1-5,10,13,21H,6-8H2,(H,15,17)(H,19,20)/t10-,13-/m0/s1. The van der Waals surface area contributed by atoms with Crippen molar-refractivity contribution >= 4 is 30.4 Å². The second-order valence-corrected chi connectivity index (χ2v) is 5.16. The summed E-state index contributed by atoms with van der Waals surface area (Å²) in [5.74, 6) is -1.59. The fourth-order valence-corrected chi connectivity index (χ4v) is 2.55. The minimum atomic E-state index is -1.18. The van der Waals surface area contributed by atoms with Crippen molar-refractivity contribution in [3.8, 4) is 0 Å². The van der Waals surface area contributed by atoms with Crippen molar-refractivity contribution in [2.24, 2.45) is 0 Å². The zero-order valence-electron chi connectivity index (χ0n) is 11.2. The summed E-state index contributed by atoms with van der Waals surface area (Å²) in [6.07, 6.45) is -0.885. The molecule has 0 unspecified atom stereocenters. The van der Waals surface area contributed by atoms with Gasteiger partial charge in [0.05, 0.1) is 6.42 Å². The third kappa shape index (κ3) is 3.36. The minimum Gasteiger partial charge on any atom is -0.480 e. The lowest BCUT2D eigenvalue weighted by molar-refractivity contribution is -0.159. The number of aliphatic carboxylic acids is 1. The van der Waals surface area contributed by atoms with Gasteiger partial charge in [-0.05, 0) is 11.3 Å². The van der Waals surface area contributed by atoms with E-state index in [0.29, 0.717) is 11.3 Å². The largest absolute Gasteiger partial charge is 0.480 e. The molecule has 1 fully saturated rings. The van der Waals surface area contributed by atoms with Crippen LogP contribution in [0.3, 0.4) is 0 Å². The summed E-state index contributed by atoms with van der Waals surface area (Å²) in [4.78, 5) is 36.7. The Morgan fingerprint density at radius 2 is 2.00 bits per heavy atom. The lowest BCUT2D eigenvalue weighted by Crippen LogP contribution is -2.58. The maximum absolute atomic E-state index is 12.3. The Labute approximate surface area is 127 Å². The second-order valence-electron chi connectivity index (χ2n) is 4.71. The number of carbonyl (C=O) groups excluding carboxylic acids is 2. The SMILES string of the molecule is O=C1C[C@@H](C(=O)O)N(C(=O)CCS)[C@@H](c2ccccc2)N1. The maximum Gasteiger partial charge on any atom is 0.327 e. The van der Waals surface area contributed by atoms with Crippen LogP contribution < -0.4 is 5.32 Å². The van der Waals surface area contributed by atoms with Gasteiger partial charge in [0.2, 0.25) is 11.8 Å². The number of nitrogens with zero attached hydrogens (tertiary/aromatic N) is 1. The van der Waals surface area contributed by atoms with Crippen molar-refractivity contribution in [1.29, 1.82) is 0 Å². The van der Waals surface area contributed by atoms with E-state index >= 15 is 0 Å². The van der Waals surface area contributed by atoms with Crippen LogP contribution in [0.1, 0.15) is 24.6 Å². The first kappa shape index (κ1) is 15.4. The summed E-state index contributed by atoms with van der Waals surface area (Å²) in [5, 5.41) is 12.0. The second kappa shape index (κ2) is 6.62. The Kier molecular flexibility index (Phi) is 4.85. The topological polar surface area (TPSA) is 86.7 Å². The van der Waals surface area contributed by atoms with E-state index in [1.165, 1.54) is 4.90 Å². The first-order valence-corrected chi connectivity index (χ1v) is 7.17. The summed E-state index contributed by atoms with van der Waals surface area (Å²) in [5.41, 5.74) is 0.671. The van der Waals surface area contributed by atoms with E-state index in [0.717, 1.165) is 0 Å². The Balaban J connectivity index is 2.39. The Morgan fingerprint density at radius 3 is 2.57 bits per heavy atom. The monoisotopic (exact) mass is 308 g/mol. The number of carboxylic acid groups (broad SMARTS) is 1. The number of thiol groups is 1. The normalized spacial score (nSPS) is 21.8. The van der Waals surface area contributed by atoms with Gasteiger partial charge < -0.3 is 15.3 Å². The lowest BCUT2D eigenvalue weighted by atomic mass is 10.0. The van der Waals surface area contributed by atoms with Crippen molar-refractivity contribution in [3.63, 3.8) is 0 Å². The molecule has 2 N–H and O–H groups in total. The van der Waals surface area contributed by atoms with Gasteiger partial charge in [0.15, 0.2) is 0 Å². The van der Waals surface area contributed by atoms with Crippen molar-refractivity contribution in [1.82, 2.24) is 10.2 Å². The molecule has 1 aromatic carbocycles. The number of rotatable bonds is 4. The predicted molar refractivity (Wildman–Crippen MR) is 78.7 cm³/mol. The average Bonchev–Trinajstić information content (AvgIpc) is 2.47. The van der Waals surface area contributed by atoms with Crippen LogP contribution in [-0.2, 0) is 14.4 Å². The average molecular weight is 308 g/mol. The fraction of sp³-hybridized carbons (Fsp3) is 0.357. The van der Waals surface area contributed by atoms with Gasteiger partial charge in [-0.1, -0.05) is 30.3 Å². The van der Waals surface area contributed by atoms with E-state index in [2.05, 4.69) is 17.9 Å². The molecule has 1 aliphatic heterocycles. The number of hydrogen-bond acceptors (Lipinski definition) is 4. The number of nitrogens with one attached hydrogen (secondary N) is 1. The summed E-state index contributed by atoms with van der Waals surface area (Å²) in [6.45, 7) is 0. The van der Waals surface area contributed by atoms with Crippen molar-refractivity contribution in [3.05, 3.63) is 35.9 Å². The molecule has 6 nitrogen and oxygen atoms in total. The molecule has 0 aromatic heterocycles. The predicted octanol–water partition coefficient (Wildman–Crippen LogP) is 0.807. The number of benzene rings is 1. The van der Waals surface area contributed by atoms with E-state index < -0.39 is 18.2 Å². The molecule has 2 atom stereocenters. The third-order valence-electron chi connectivity index (χ3n) is 3.30. The van der Waals surface area contributed by atoms with E-state index in [9.17, 15) is 19.5 Å². The minimum absolute atomic E-state index is 0.117. The number of carboxylic acids is 1. The molecule has 1 saturated heterocycles. The molecule has 1 heterocycles. The van der Waals surface area contributed by atoms with E-state index in [4.69, 9.17) is 0 Å².